The number of carboxylic acid groups (broad SMARTS) is 2. The van der Waals surface area contributed by atoms with Crippen molar-refractivity contribution in [1.29, 1.82) is 0 Å². The Morgan fingerprint density at radius 1 is 0.253 bits per heavy atom. The molecule has 0 aliphatic carbocycles. The minimum atomic E-state index is -1.06. The summed E-state index contributed by atoms with van der Waals surface area (Å²) >= 11 is 0. The molecule has 440 valence electrons. The van der Waals surface area contributed by atoms with Gasteiger partial charge in [-0.1, -0.05) is 310 Å². The summed E-state index contributed by atoms with van der Waals surface area (Å²) in [6.45, 7) is 9.04. The predicted octanol–water partition coefficient (Wildman–Crippen LogP) is 18.8. The van der Waals surface area contributed by atoms with E-state index in [9.17, 15) is 29.4 Å². The van der Waals surface area contributed by atoms with Gasteiger partial charge in [-0.2, -0.15) is 0 Å². The van der Waals surface area contributed by atoms with Gasteiger partial charge in [0, 0.05) is 24.8 Å². The molecule has 2 unspecified atom stereocenters. The standard InChI is InChI=1S/2C33H64O4.Ca/c2*1-3-5-7-9-11-13-15-17-19-21-23-25-27-31(29-30-32(34)35)37-33(36)28-26-24-22-20-18-16-14-12-10-8-6-4-2;/h2*31H,3-30H2,1-2H3,(H,34,35);/q;;+2/p-2. The van der Waals surface area contributed by atoms with E-state index in [1.807, 2.05) is 0 Å². The second-order valence-corrected chi connectivity index (χ2v) is 22.7. The molecular formula is C66H126CaO8. The smallest absolute Gasteiger partial charge is 0.550 e. The van der Waals surface area contributed by atoms with Crippen molar-refractivity contribution in [2.45, 2.75) is 399 Å². The summed E-state index contributed by atoms with van der Waals surface area (Å²) in [4.78, 5) is 46.4. The van der Waals surface area contributed by atoms with Crippen LogP contribution in [0.25, 0.3) is 0 Å². The van der Waals surface area contributed by atoms with Gasteiger partial charge in [0.15, 0.2) is 0 Å². The molecule has 0 aromatic heterocycles. The Morgan fingerprint density at radius 3 is 0.613 bits per heavy atom. The monoisotopic (exact) mass is 1090 g/mol. The third-order valence-corrected chi connectivity index (χ3v) is 15.2. The van der Waals surface area contributed by atoms with Crippen molar-refractivity contribution in [2.75, 3.05) is 0 Å². The van der Waals surface area contributed by atoms with E-state index in [0.29, 0.717) is 25.7 Å². The molecule has 0 aromatic rings. The number of carbonyl (C=O) groups is 4. The first-order chi connectivity index (χ1) is 36.2. The van der Waals surface area contributed by atoms with Crippen LogP contribution in [-0.2, 0) is 28.7 Å². The number of esters is 2. The Hall–Kier alpha value is -0.860. The zero-order chi connectivity index (χ0) is 54.5. The third-order valence-electron chi connectivity index (χ3n) is 15.2. The predicted molar refractivity (Wildman–Crippen MR) is 317 cm³/mol. The number of unbranched alkanes of at least 4 members (excludes halogenated alkanes) is 44. The van der Waals surface area contributed by atoms with Crippen LogP contribution in [0.3, 0.4) is 0 Å². The molecular weight excluding hydrogens is 961 g/mol. The van der Waals surface area contributed by atoms with Gasteiger partial charge in [0.2, 0.25) is 0 Å². The summed E-state index contributed by atoms with van der Waals surface area (Å²) in [5.74, 6) is -2.43. The van der Waals surface area contributed by atoms with Gasteiger partial charge >= 0.3 is 49.7 Å². The van der Waals surface area contributed by atoms with Crippen molar-refractivity contribution in [1.82, 2.24) is 0 Å². The van der Waals surface area contributed by atoms with Crippen LogP contribution in [-0.4, -0.2) is 73.8 Å². The number of rotatable bonds is 60. The van der Waals surface area contributed by atoms with E-state index < -0.39 is 11.9 Å². The average molecular weight is 1090 g/mol. The zero-order valence-corrected chi connectivity index (χ0v) is 52.9. The van der Waals surface area contributed by atoms with Crippen LogP contribution in [0.4, 0.5) is 0 Å². The molecule has 8 nitrogen and oxygen atoms in total. The largest absolute Gasteiger partial charge is 2.00 e. The Bertz CT molecular complexity index is 1080. The molecule has 0 fully saturated rings. The summed E-state index contributed by atoms with van der Waals surface area (Å²) in [5.41, 5.74) is 0. The van der Waals surface area contributed by atoms with E-state index >= 15 is 0 Å². The van der Waals surface area contributed by atoms with Gasteiger partial charge in [0.05, 0.1) is 0 Å². The number of hydrogen-bond acceptors (Lipinski definition) is 8. The molecule has 0 aromatic carbocycles. The number of hydrogen-bond donors (Lipinski definition) is 0. The average Bonchev–Trinajstić information content (AvgIpc) is 3.38. The summed E-state index contributed by atoms with van der Waals surface area (Å²) in [7, 11) is 0. The molecule has 2 atom stereocenters. The maximum atomic E-state index is 12.3. The summed E-state index contributed by atoms with van der Waals surface area (Å²) in [6, 6.07) is 0. The van der Waals surface area contributed by atoms with Crippen LogP contribution in [0, 0.1) is 0 Å². The van der Waals surface area contributed by atoms with E-state index in [1.54, 1.807) is 0 Å². The summed E-state index contributed by atoms with van der Waals surface area (Å²) in [5, 5.41) is 21.8. The maximum Gasteiger partial charge on any atom is 2.00 e. The van der Waals surface area contributed by atoms with Crippen LogP contribution in [0.15, 0.2) is 0 Å². The third kappa shape index (κ3) is 69.2. The molecule has 0 aliphatic heterocycles. The van der Waals surface area contributed by atoms with Gasteiger partial charge < -0.3 is 29.3 Å². The number of carboxylic acids is 2. The first kappa shape index (κ1) is 78.4. The first-order valence-corrected chi connectivity index (χ1v) is 33.0. The van der Waals surface area contributed by atoms with Gasteiger partial charge in [-0.25, -0.2) is 0 Å². The quantitative estimate of drug-likeness (QED) is 0.0334. The zero-order valence-electron chi connectivity index (χ0n) is 50.7. The molecule has 0 spiro atoms. The van der Waals surface area contributed by atoms with E-state index in [4.69, 9.17) is 9.47 Å². The molecule has 9 heteroatoms. The van der Waals surface area contributed by atoms with Crippen LogP contribution >= 0.6 is 0 Å². The molecule has 0 radical (unpaired) electrons. The topological polar surface area (TPSA) is 133 Å². The molecule has 0 rings (SSSR count). The van der Waals surface area contributed by atoms with Crippen molar-refractivity contribution < 1.29 is 38.9 Å². The van der Waals surface area contributed by atoms with Gasteiger partial charge in [-0.3, -0.25) is 9.59 Å². The van der Waals surface area contributed by atoms with Gasteiger partial charge in [0.1, 0.15) is 12.2 Å². The number of aliphatic carboxylic acids is 2. The Labute approximate surface area is 496 Å². The van der Waals surface area contributed by atoms with Crippen molar-refractivity contribution in [2.24, 2.45) is 0 Å². The fourth-order valence-electron chi connectivity index (χ4n) is 10.2. The molecule has 0 bridgehead atoms. The second kappa shape index (κ2) is 67.4. The van der Waals surface area contributed by atoms with Crippen molar-refractivity contribution in [3.63, 3.8) is 0 Å². The number of ether oxygens (including phenoxy) is 2. The fraction of sp³-hybridized carbons (Fsp3) is 0.939. The normalized spacial score (nSPS) is 11.9. The van der Waals surface area contributed by atoms with Crippen LogP contribution in [0.5, 0.6) is 0 Å². The first-order valence-electron chi connectivity index (χ1n) is 33.0. The van der Waals surface area contributed by atoms with Crippen molar-refractivity contribution in [3.8, 4) is 0 Å². The van der Waals surface area contributed by atoms with Gasteiger partial charge in [-0.15, -0.1) is 0 Å². The summed E-state index contributed by atoms with van der Waals surface area (Å²) in [6.07, 6.45) is 64.1. The summed E-state index contributed by atoms with van der Waals surface area (Å²) < 4.78 is 11.3. The van der Waals surface area contributed by atoms with E-state index in [-0.39, 0.29) is 74.7 Å². The Morgan fingerprint density at radius 2 is 0.427 bits per heavy atom. The second-order valence-electron chi connectivity index (χ2n) is 22.7. The van der Waals surface area contributed by atoms with E-state index in [2.05, 4.69) is 27.7 Å². The molecule has 0 amide bonds. The van der Waals surface area contributed by atoms with E-state index in [0.717, 1.165) is 64.2 Å². The Kier molecular flexibility index (Phi) is 70.4. The van der Waals surface area contributed by atoms with Crippen LogP contribution in [0.2, 0.25) is 0 Å². The van der Waals surface area contributed by atoms with Crippen molar-refractivity contribution >= 4 is 61.6 Å². The maximum absolute atomic E-state index is 12.3. The fourth-order valence-corrected chi connectivity index (χ4v) is 10.2. The Balaban J connectivity index is -0.00000136. The van der Waals surface area contributed by atoms with E-state index in [1.165, 1.54) is 257 Å². The molecule has 75 heavy (non-hydrogen) atoms. The molecule has 0 aliphatic rings. The molecule has 0 heterocycles. The molecule has 0 saturated carbocycles. The van der Waals surface area contributed by atoms with Gasteiger partial charge in [0.25, 0.3) is 0 Å². The van der Waals surface area contributed by atoms with Crippen LogP contribution < -0.4 is 10.2 Å². The minimum Gasteiger partial charge on any atom is -0.550 e. The SMILES string of the molecule is CCCCCCCCCCCCCCC(=O)OC(CCCCCCCCCCCCCC)CCC(=O)[O-].CCCCCCCCCCCCCCC(=O)OC(CCCCCCCCCCCCCC)CCC(=O)[O-].[Ca+2]. The molecule has 0 N–H and O–H groups in total. The van der Waals surface area contributed by atoms with Gasteiger partial charge in [-0.05, 0) is 64.2 Å². The number of carbonyl (C=O) groups excluding carboxylic acids is 4. The minimum absolute atomic E-state index is 0. The van der Waals surface area contributed by atoms with Crippen LogP contribution in [0.1, 0.15) is 387 Å². The van der Waals surface area contributed by atoms with Crippen molar-refractivity contribution in [3.05, 3.63) is 0 Å². The molecule has 0 saturated heterocycles.